The summed E-state index contributed by atoms with van der Waals surface area (Å²) in [5.74, 6) is 0. The first-order chi connectivity index (χ1) is 9.83. The molecule has 1 aliphatic rings. The van der Waals surface area contributed by atoms with Crippen molar-refractivity contribution in [1.82, 2.24) is 0 Å². The Balaban J connectivity index is 1.86. The molecule has 0 radical (unpaired) electrons. The molecule has 20 heavy (non-hydrogen) atoms. The van der Waals surface area contributed by atoms with Crippen LogP contribution in [0, 0.1) is 0 Å². The van der Waals surface area contributed by atoms with E-state index >= 15 is 0 Å². The largest absolute Gasteiger partial charge is 0.0801 e. The maximum absolute atomic E-state index is 2.28. The van der Waals surface area contributed by atoms with Crippen molar-refractivity contribution in [1.29, 1.82) is 0 Å². The highest BCUT2D eigenvalue weighted by Gasteiger charge is 2.02. The van der Waals surface area contributed by atoms with Gasteiger partial charge < -0.3 is 0 Å². The molecule has 0 fully saturated rings. The minimum absolute atomic E-state index is 1.03. The Kier molecular flexibility index (Phi) is 3.64. The summed E-state index contributed by atoms with van der Waals surface area (Å²) in [6.45, 7) is 2.17. The molecule has 0 aromatic heterocycles. The highest BCUT2D eigenvalue weighted by molar-refractivity contribution is 5.67. The summed E-state index contributed by atoms with van der Waals surface area (Å²) < 4.78 is 0. The van der Waals surface area contributed by atoms with Crippen LogP contribution in [0.4, 0.5) is 0 Å². The molecule has 0 heteroatoms. The minimum atomic E-state index is 1.03. The van der Waals surface area contributed by atoms with Crippen LogP contribution in [0.25, 0.3) is 17.2 Å². The first kappa shape index (κ1) is 12.7. The zero-order chi connectivity index (χ0) is 13.8. The van der Waals surface area contributed by atoms with Crippen LogP contribution in [0.15, 0.2) is 84.0 Å². The highest BCUT2D eigenvalue weighted by atomic mass is 14.1. The summed E-state index contributed by atoms with van der Waals surface area (Å²) in [6, 6.07) is 19.3. The summed E-state index contributed by atoms with van der Waals surface area (Å²) in [6.07, 6.45) is 9.82. The van der Waals surface area contributed by atoms with Gasteiger partial charge in [0, 0.05) is 0 Å². The molecule has 0 atom stereocenters. The smallest absolute Gasteiger partial charge is 0.00915 e. The molecule has 0 heterocycles. The van der Waals surface area contributed by atoms with Crippen molar-refractivity contribution < 1.29 is 0 Å². The average Bonchev–Trinajstić information content (AvgIpc) is 2.51. The molecule has 1 aliphatic carbocycles. The predicted octanol–water partition coefficient (Wildman–Crippen LogP) is 5.64. The van der Waals surface area contributed by atoms with Gasteiger partial charge in [0.25, 0.3) is 0 Å². The van der Waals surface area contributed by atoms with Gasteiger partial charge in [0.2, 0.25) is 0 Å². The van der Waals surface area contributed by atoms with Crippen LogP contribution in [0.5, 0.6) is 0 Å². The number of hydrogen-bond acceptors (Lipinski definition) is 0. The maximum atomic E-state index is 2.28. The van der Waals surface area contributed by atoms with Gasteiger partial charge in [-0.25, -0.2) is 0 Å². The summed E-state index contributed by atoms with van der Waals surface area (Å²) in [4.78, 5) is 0. The molecule has 0 amide bonds. The molecule has 3 rings (SSSR count). The van der Waals surface area contributed by atoms with Crippen LogP contribution in [-0.4, -0.2) is 0 Å². The minimum Gasteiger partial charge on any atom is -0.0801 e. The molecule has 98 valence electrons. The lowest BCUT2D eigenvalue weighted by Gasteiger charge is -2.09. The van der Waals surface area contributed by atoms with E-state index in [1.165, 1.54) is 27.8 Å². The summed E-state index contributed by atoms with van der Waals surface area (Å²) in [5, 5.41) is 0. The molecule has 0 N–H and O–H groups in total. The van der Waals surface area contributed by atoms with Crippen molar-refractivity contribution in [2.75, 3.05) is 0 Å². The monoisotopic (exact) mass is 258 g/mol. The zero-order valence-electron chi connectivity index (χ0n) is 11.7. The van der Waals surface area contributed by atoms with Crippen LogP contribution in [0.3, 0.4) is 0 Å². The molecule has 0 spiro atoms. The van der Waals surface area contributed by atoms with E-state index in [1.54, 1.807) is 0 Å². The Hall–Kier alpha value is -2.34. The van der Waals surface area contributed by atoms with Crippen molar-refractivity contribution in [3.8, 4) is 11.1 Å². The zero-order valence-corrected chi connectivity index (χ0v) is 11.7. The van der Waals surface area contributed by atoms with Gasteiger partial charge in [0.1, 0.15) is 0 Å². The fourth-order valence-corrected chi connectivity index (χ4v) is 2.45. The van der Waals surface area contributed by atoms with Crippen LogP contribution in [0.2, 0.25) is 0 Å². The Morgan fingerprint density at radius 3 is 2.25 bits per heavy atom. The number of benzene rings is 2. The number of rotatable bonds is 2. The van der Waals surface area contributed by atoms with Crippen molar-refractivity contribution >= 4 is 6.08 Å². The summed E-state index contributed by atoms with van der Waals surface area (Å²) in [7, 11) is 0. The van der Waals surface area contributed by atoms with E-state index in [-0.39, 0.29) is 0 Å². The quantitative estimate of drug-likeness (QED) is 0.653. The van der Waals surface area contributed by atoms with Gasteiger partial charge in [-0.15, -0.1) is 0 Å². The average molecular weight is 258 g/mol. The summed E-state index contributed by atoms with van der Waals surface area (Å²) in [5.41, 5.74) is 6.56. The third-order valence-corrected chi connectivity index (χ3v) is 3.69. The van der Waals surface area contributed by atoms with Crippen molar-refractivity contribution in [2.45, 2.75) is 13.3 Å². The topological polar surface area (TPSA) is 0 Å². The van der Waals surface area contributed by atoms with E-state index < -0.39 is 0 Å². The first-order valence-electron chi connectivity index (χ1n) is 7.03. The van der Waals surface area contributed by atoms with E-state index in [0.717, 1.165) is 6.42 Å². The lowest BCUT2D eigenvalue weighted by Crippen LogP contribution is -1.88. The van der Waals surface area contributed by atoms with E-state index in [1.807, 2.05) is 6.07 Å². The Morgan fingerprint density at radius 1 is 0.850 bits per heavy atom. The van der Waals surface area contributed by atoms with Gasteiger partial charge in [-0.3, -0.25) is 0 Å². The lowest BCUT2D eigenvalue weighted by atomic mass is 9.96. The second-order valence-corrected chi connectivity index (χ2v) is 5.14. The van der Waals surface area contributed by atoms with E-state index in [2.05, 4.69) is 79.8 Å². The molecular weight excluding hydrogens is 240 g/mol. The standard InChI is InChI=1S/C20H18/c1-16-7-5-6-10-20(16)15-17-11-13-19(14-12-17)18-8-3-2-4-9-18/h2-9,11-15H,10H2,1H3. The highest BCUT2D eigenvalue weighted by Crippen LogP contribution is 2.24. The third-order valence-electron chi connectivity index (χ3n) is 3.69. The molecular formula is C20H18. The fourth-order valence-electron chi connectivity index (χ4n) is 2.45. The number of allylic oxidation sites excluding steroid dienone is 5. The van der Waals surface area contributed by atoms with Crippen LogP contribution in [-0.2, 0) is 0 Å². The Bertz CT molecular complexity index is 668. The van der Waals surface area contributed by atoms with E-state index in [4.69, 9.17) is 0 Å². The first-order valence-corrected chi connectivity index (χ1v) is 7.03. The van der Waals surface area contributed by atoms with Crippen LogP contribution in [0.1, 0.15) is 18.9 Å². The SMILES string of the molecule is CC1=CC=CCC1=Cc1ccc(-c2ccccc2)cc1. The molecule has 2 aromatic rings. The molecule has 2 aromatic carbocycles. The Morgan fingerprint density at radius 2 is 1.55 bits per heavy atom. The van der Waals surface area contributed by atoms with E-state index in [0.29, 0.717) is 0 Å². The van der Waals surface area contributed by atoms with Crippen molar-refractivity contribution in [3.05, 3.63) is 89.5 Å². The fraction of sp³-hybridized carbons (Fsp3) is 0.100. The second kappa shape index (κ2) is 5.75. The Labute approximate surface area is 120 Å². The third kappa shape index (κ3) is 2.80. The molecule has 0 nitrogen and oxygen atoms in total. The van der Waals surface area contributed by atoms with Crippen LogP contribution >= 0.6 is 0 Å². The normalized spacial score (nSPS) is 16.2. The molecule has 0 aliphatic heterocycles. The van der Waals surface area contributed by atoms with Gasteiger partial charge in [0.15, 0.2) is 0 Å². The van der Waals surface area contributed by atoms with Gasteiger partial charge in [0.05, 0.1) is 0 Å². The van der Waals surface area contributed by atoms with Gasteiger partial charge in [-0.2, -0.15) is 0 Å². The molecule has 0 unspecified atom stereocenters. The number of hydrogen-bond donors (Lipinski definition) is 0. The van der Waals surface area contributed by atoms with Crippen LogP contribution < -0.4 is 0 Å². The summed E-state index contributed by atoms with van der Waals surface area (Å²) >= 11 is 0. The second-order valence-electron chi connectivity index (χ2n) is 5.14. The van der Waals surface area contributed by atoms with Gasteiger partial charge in [-0.05, 0) is 41.2 Å². The van der Waals surface area contributed by atoms with Crippen molar-refractivity contribution in [3.63, 3.8) is 0 Å². The van der Waals surface area contributed by atoms with E-state index in [9.17, 15) is 0 Å². The molecule has 0 bridgehead atoms. The maximum Gasteiger partial charge on any atom is -0.00915 e. The predicted molar refractivity (Wildman–Crippen MR) is 87.4 cm³/mol. The lowest BCUT2D eigenvalue weighted by molar-refractivity contribution is 1.20. The van der Waals surface area contributed by atoms with Gasteiger partial charge in [-0.1, -0.05) is 78.9 Å². The molecule has 0 saturated carbocycles. The molecule has 0 saturated heterocycles. The van der Waals surface area contributed by atoms with Gasteiger partial charge >= 0.3 is 0 Å². The van der Waals surface area contributed by atoms with Crippen molar-refractivity contribution in [2.24, 2.45) is 0 Å².